The van der Waals surface area contributed by atoms with E-state index in [1.165, 1.54) is 6.26 Å². The van der Waals surface area contributed by atoms with Crippen LogP contribution in [0.25, 0.3) is 11.1 Å². The number of nitriles is 1. The van der Waals surface area contributed by atoms with E-state index in [2.05, 4.69) is 11.2 Å². The lowest BCUT2D eigenvalue weighted by atomic mass is 10.0. The Bertz CT molecular complexity index is 1160. The van der Waals surface area contributed by atoms with E-state index in [4.69, 9.17) is 16.9 Å². The topological polar surface area (TPSA) is 75.8 Å². The van der Waals surface area contributed by atoms with Crippen LogP contribution >= 0.6 is 11.6 Å². The Morgan fingerprint density at radius 2 is 1.81 bits per heavy atom. The van der Waals surface area contributed by atoms with E-state index in [1.54, 1.807) is 36.4 Å². The molecule has 0 bridgehead atoms. The number of sulfone groups is 1. The van der Waals surface area contributed by atoms with Crippen molar-refractivity contribution in [2.24, 2.45) is 0 Å². The van der Waals surface area contributed by atoms with Crippen molar-refractivity contribution in [1.29, 1.82) is 5.26 Å². The van der Waals surface area contributed by atoms with Gasteiger partial charge in [-0.2, -0.15) is 10.4 Å². The molecule has 0 radical (unpaired) electrons. The first-order valence-corrected chi connectivity index (χ1v) is 10.5. The van der Waals surface area contributed by atoms with Crippen molar-refractivity contribution in [3.05, 3.63) is 70.0 Å². The number of rotatable bonds is 4. The fourth-order valence-electron chi connectivity index (χ4n) is 3.04. The lowest BCUT2D eigenvalue weighted by Crippen LogP contribution is -2.05. The van der Waals surface area contributed by atoms with Crippen LogP contribution < -0.4 is 0 Å². The van der Waals surface area contributed by atoms with Crippen molar-refractivity contribution < 1.29 is 8.42 Å². The maximum atomic E-state index is 11.6. The third-order valence-corrected chi connectivity index (χ3v) is 5.88. The fourth-order valence-corrected chi connectivity index (χ4v) is 3.90. The molecule has 5 nitrogen and oxygen atoms in total. The summed E-state index contributed by atoms with van der Waals surface area (Å²) < 4.78 is 25.1. The highest BCUT2D eigenvalue weighted by molar-refractivity contribution is 7.90. The highest BCUT2D eigenvalue weighted by Crippen LogP contribution is 2.30. The average molecular weight is 400 g/mol. The summed E-state index contributed by atoms with van der Waals surface area (Å²) in [5, 5.41) is 14.1. The first kappa shape index (κ1) is 19.2. The van der Waals surface area contributed by atoms with Gasteiger partial charge in [-0.1, -0.05) is 29.8 Å². The van der Waals surface area contributed by atoms with E-state index in [0.717, 1.165) is 28.1 Å². The lowest BCUT2D eigenvalue weighted by Gasteiger charge is -2.07. The molecule has 0 N–H and O–H groups in total. The number of benzene rings is 2. The minimum Gasteiger partial charge on any atom is -0.265 e. The molecule has 3 rings (SSSR count). The Hall–Kier alpha value is -2.62. The molecular weight excluding hydrogens is 382 g/mol. The molecular formula is C20H18ClN3O2S. The second-order valence-corrected chi connectivity index (χ2v) is 8.85. The zero-order valence-corrected chi connectivity index (χ0v) is 16.8. The van der Waals surface area contributed by atoms with E-state index in [1.807, 2.05) is 24.6 Å². The van der Waals surface area contributed by atoms with Crippen molar-refractivity contribution in [2.75, 3.05) is 6.26 Å². The highest BCUT2D eigenvalue weighted by atomic mass is 35.5. The van der Waals surface area contributed by atoms with Gasteiger partial charge in [-0.3, -0.25) is 4.68 Å². The molecule has 0 spiro atoms. The molecule has 0 unspecified atom stereocenters. The predicted molar refractivity (Wildman–Crippen MR) is 106 cm³/mol. The van der Waals surface area contributed by atoms with Gasteiger partial charge < -0.3 is 0 Å². The molecule has 0 atom stereocenters. The molecule has 3 aromatic rings. The molecule has 1 aromatic heterocycles. The van der Waals surface area contributed by atoms with Gasteiger partial charge in [-0.05, 0) is 49.2 Å². The normalized spacial score (nSPS) is 11.4. The second kappa shape index (κ2) is 7.18. The Balaban J connectivity index is 1.94. The van der Waals surface area contributed by atoms with Crippen LogP contribution in [0.15, 0.2) is 47.4 Å². The summed E-state index contributed by atoms with van der Waals surface area (Å²) in [6.07, 6.45) is 1.19. The van der Waals surface area contributed by atoms with Crippen LogP contribution in [0.3, 0.4) is 0 Å². The van der Waals surface area contributed by atoms with Crippen molar-refractivity contribution >= 4 is 21.4 Å². The highest BCUT2D eigenvalue weighted by Gasteiger charge is 2.15. The van der Waals surface area contributed by atoms with Crippen LogP contribution in [0.5, 0.6) is 0 Å². The Morgan fingerprint density at radius 3 is 2.37 bits per heavy atom. The molecule has 27 heavy (non-hydrogen) atoms. The molecule has 0 aliphatic rings. The molecule has 2 aromatic carbocycles. The van der Waals surface area contributed by atoms with E-state index >= 15 is 0 Å². The van der Waals surface area contributed by atoms with Gasteiger partial charge in [-0.15, -0.1) is 0 Å². The maximum absolute atomic E-state index is 11.6. The second-order valence-electron chi connectivity index (χ2n) is 6.43. The van der Waals surface area contributed by atoms with Crippen LogP contribution in [0.1, 0.15) is 22.5 Å². The standard InChI is InChI=1S/C20H18ClN3O2S/c1-13-20(16-6-7-17(11-22)19(21)10-16)14(2)24(23-13)12-15-4-8-18(9-5-15)27(3,25)26/h4-10H,12H2,1-3H3. The summed E-state index contributed by atoms with van der Waals surface area (Å²) in [6, 6.07) is 14.2. The van der Waals surface area contributed by atoms with Crippen molar-refractivity contribution in [1.82, 2.24) is 9.78 Å². The quantitative estimate of drug-likeness (QED) is 0.660. The average Bonchev–Trinajstić information content (AvgIpc) is 2.88. The van der Waals surface area contributed by atoms with Gasteiger partial charge in [0.05, 0.1) is 27.7 Å². The fraction of sp³-hybridized carbons (Fsp3) is 0.200. The lowest BCUT2D eigenvalue weighted by molar-refractivity contribution is 0.601. The molecule has 0 aliphatic heterocycles. The third kappa shape index (κ3) is 3.90. The van der Waals surface area contributed by atoms with Crippen LogP contribution in [0.4, 0.5) is 0 Å². The number of halogens is 1. The van der Waals surface area contributed by atoms with E-state index < -0.39 is 9.84 Å². The molecule has 0 fully saturated rings. The summed E-state index contributed by atoms with van der Waals surface area (Å²) in [6.45, 7) is 4.44. The SMILES string of the molecule is Cc1nn(Cc2ccc(S(C)(=O)=O)cc2)c(C)c1-c1ccc(C#N)c(Cl)c1. The number of nitrogens with zero attached hydrogens (tertiary/aromatic N) is 3. The van der Waals surface area contributed by atoms with Gasteiger partial charge in [0.25, 0.3) is 0 Å². The van der Waals surface area contributed by atoms with Gasteiger partial charge in [-0.25, -0.2) is 8.42 Å². The monoisotopic (exact) mass is 399 g/mol. The molecule has 1 heterocycles. The molecule has 0 amide bonds. The molecule has 0 aliphatic carbocycles. The summed E-state index contributed by atoms with van der Waals surface area (Å²) in [7, 11) is -3.21. The number of aryl methyl sites for hydroxylation is 1. The van der Waals surface area contributed by atoms with E-state index in [9.17, 15) is 8.42 Å². The van der Waals surface area contributed by atoms with Gasteiger partial charge >= 0.3 is 0 Å². The Labute approximate surface area is 163 Å². The smallest absolute Gasteiger partial charge is 0.175 e. The Kier molecular flexibility index (Phi) is 5.09. The van der Waals surface area contributed by atoms with Crippen LogP contribution in [-0.2, 0) is 16.4 Å². The summed E-state index contributed by atoms with van der Waals surface area (Å²) in [5.74, 6) is 0. The number of aromatic nitrogens is 2. The van der Waals surface area contributed by atoms with Crippen molar-refractivity contribution in [2.45, 2.75) is 25.3 Å². The number of hydrogen-bond acceptors (Lipinski definition) is 4. The minimum absolute atomic E-state index is 0.299. The zero-order valence-electron chi connectivity index (χ0n) is 15.2. The summed E-state index contributed by atoms with van der Waals surface area (Å²) >= 11 is 6.17. The summed E-state index contributed by atoms with van der Waals surface area (Å²) in [4.78, 5) is 0.299. The zero-order chi connectivity index (χ0) is 19.8. The van der Waals surface area contributed by atoms with Crippen molar-refractivity contribution in [3.8, 4) is 17.2 Å². The van der Waals surface area contributed by atoms with Crippen LogP contribution in [-0.4, -0.2) is 24.5 Å². The van der Waals surface area contributed by atoms with E-state index in [0.29, 0.717) is 22.0 Å². The van der Waals surface area contributed by atoms with Gasteiger partial charge in [0.15, 0.2) is 9.84 Å². The molecule has 0 saturated carbocycles. The predicted octanol–water partition coefficient (Wildman–Crippen LogP) is 4.14. The molecule has 138 valence electrons. The first-order chi connectivity index (χ1) is 12.7. The Morgan fingerprint density at radius 1 is 1.15 bits per heavy atom. The molecule has 7 heteroatoms. The largest absolute Gasteiger partial charge is 0.265 e. The first-order valence-electron chi connectivity index (χ1n) is 8.23. The molecule has 0 saturated heterocycles. The maximum Gasteiger partial charge on any atom is 0.175 e. The van der Waals surface area contributed by atoms with Gasteiger partial charge in [0.1, 0.15) is 6.07 Å². The van der Waals surface area contributed by atoms with Crippen molar-refractivity contribution in [3.63, 3.8) is 0 Å². The summed E-state index contributed by atoms with van der Waals surface area (Å²) in [5.41, 5.74) is 5.12. The minimum atomic E-state index is -3.21. The van der Waals surface area contributed by atoms with Crippen LogP contribution in [0, 0.1) is 25.2 Å². The van der Waals surface area contributed by atoms with E-state index in [-0.39, 0.29) is 0 Å². The van der Waals surface area contributed by atoms with Crippen LogP contribution in [0.2, 0.25) is 5.02 Å². The number of hydrogen-bond donors (Lipinski definition) is 0. The van der Waals surface area contributed by atoms with Gasteiger partial charge in [0.2, 0.25) is 0 Å². The third-order valence-electron chi connectivity index (χ3n) is 4.44. The van der Waals surface area contributed by atoms with Gasteiger partial charge in [0, 0.05) is 17.5 Å².